The summed E-state index contributed by atoms with van der Waals surface area (Å²) in [6, 6.07) is 12.8. The van der Waals surface area contributed by atoms with E-state index in [9.17, 15) is 9.59 Å². The van der Waals surface area contributed by atoms with Crippen molar-refractivity contribution in [2.75, 3.05) is 16.8 Å². The maximum atomic E-state index is 12.6. The van der Waals surface area contributed by atoms with Crippen LogP contribution in [0.4, 0.5) is 11.4 Å². The van der Waals surface area contributed by atoms with Gasteiger partial charge in [-0.2, -0.15) is 0 Å². The largest absolute Gasteiger partial charge is 0.476 e. The molecular formula is C18H17BrN2O3. The summed E-state index contributed by atoms with van der Waals surface area (Å²) < 4.78 is 6.76. The first-order chi connectivity index (χ1) is 11.5. The normalized spacial score (nSPS) is 16.1. The van der Waals surface area contributed by atoms with Gasteiger partial charge in [0.1, 0.15) is 5.75 Å². The number of ether oxygens (including phenoxy) is 1. The van der Waals surface area contributed by atoms with Crippen molar-refractivity contribution in [2.24, 2.45) is 0 Å². The van der Waals surface area contributed by atoms with Crippen molar-refractivity contribution >= 4 is 39.1 Å². The molecule has 24 heavy (non-hydrogen) atoms. The average molecular weight is 389 g/mol. The second-order valence-electron chi connectivity index (χ2n) is 5.66. The van der Waals surface area contributed by atoms with Crippen molar-refractivity contribution in [3.05, 3.63) is 52.5 Å². The second kappa shape index (κ2) is 6.65. The molecule has 0 radical (unpaired) electrons. The highest BCUT2D eigenvalue weighted by Gasteiger charge is 2.32. The van der Waals surface area contributed by atoms with Crippen LogP contribution in [0.3, 0.4) is 0 Å². The number of amides is 2. The predicted octanol–water partition coefficient (Wildman–Crippen LogP) is 3.51. The van der Waals surface area contributed by atoms with Crippen LogP contribution < -0.4 is 15.0 Å². The number of carbonyl (C=O) groups excluding carboxylic acids is 2. The Balaban J connectivity index is 1.81. The fraction of sp³-hybridized carbons (Fsp3) is 0.222. The Bertz CT molecular complexity index is 807. The summed E-state index contributed by atoms with van der Waals surface area (Å²) in [6.45, 7) is 3.62. The summed E-state index contributed by atoms with van der Waals surface area (Å²) in [5.74, 6) is 0.131. The van der Waals surface area contributed by atoms with Gasteiger partial charge in [-0.3, -0.25) is 9.59 Å². The number of fused-ring (bicyclic) bond motifs is 1. The molecule has 6 heteroatoms. The SMILES string of the molecule is CC(=O)N1C[C@H](C(=O)Nc2ccc(Br)c(C)c2)Oc2ccccc21. The molecule has 0 aromatic heterocycles. The molecule has 124 valence electrons. The van der Waals surface area contributed by atoms with Gasteiger partial charge in [-0.1, -0.05) is 28.1 Å². The number of anilines is 2. The summed E-state index contributed by atoms with van der Waals surface area (Å²) in [6.07, 6.45) is -0.757. The predicted molar refractivity (Wildman–Crippen MR) is 96.4 cm³/mol. The molecular weight excluding hydrogens is 372 g/mol. The quantitative estimate of drug-likeness (QED) is 0.855. The van der Waals surface area contributed by atoms with Gasteiger partial charge in [0, 0.05) is 17.1 Å². The van der Waals surface area contributed by atoms with E-state index in [4.69, 9.17) is 4.74 Å². The van der Waals surface area contributed by atoms with Gasteiger partial charge in [0.25, 0.3) is 5.91 Å². The molecule has 2 aromatic carbocycles. The van der Waals surface area contributed by atoms with E-state index in [0.29, 0.717) is 17.1 Å². The molecule has 0 bridgehead atoms. The lowest BCUT2D eigenvalue weighted by Crippen LogP contribution is -2.48. The van der Waals surface area contributed by atoms with Crippen LogP contribution in [0.2, 0.25) is 0 Å². The van der Waals surface area contributed by atoms with Crippen LogP contribution in [0.15, 0.2) is 46.9 Å². The molecule has 0 saturated carbocycles. The third-order valence-corrected chi connectivity index (χ3v) is 4.76. The van der Waals surface area contributed by atoms with Crippen LogP contribution in [-0.4, -0.2) is 24.5 Å². The highest BCUT2D eigenvalue weighted by Crippen LogP contribution is 2.33. The minimum Gasteiger partial charge on any atom is -0.476 e. The molecule has 3 rings (SSSR count). The van der Waals surface area contributed by atoms with Crippen molar-refractivity contribution in [1.82, 2.24) is 0 Å². The number of hydrogen-bond donors (Lipinski definition) is 1. The molecule has 2 amide bonds. The number of nitrogens with one attached hydrogen (secondary N) is 1. The van der Waals surface area contributed by atoms with E-state index in [2.05, 4.69) is 21.2 Å². The van der Waals surface area contributed by atoms with E-state index in [0.717, 1.165) is 10.0 Å². The topological polar surface area (TPSA) is 58.6 Å². The van der Waals surface area contributed by atoms with Gasteiger partial charge in [-0.05, 0) is 42.8 Å². The van der Waals surface area contributed by atoms with Gasteiger partial charge in [0.05, 0.1) is 12.2 Å². The van der Waals surface area contributed by atoms with Crippen molar-refractivity contribution < 1.29 is 14.3 Å². The molecule has 1 heterocycles. The summed E-state index contributed by atoms with van der Waals surface area (Å²) in [4.78, 5) is 26.0. The van der Waals surface area contributed by atoms with E-state index in [1.807, 2.05) is 43.3 Å². The lowest BCUT2D eigenvalue weighted by Gasteiger charge is -2.33. The molecule has 0 aliphatic carbocycles. The van der Waals surface area contributed by atoms with Crippen LogP contribution in [0.5, 0.6) is 5.75 Å². The van der Waals surface area contributed by atoms with Crippen LogP contribution in [0.25, 0.3) is 0 Å². The molecule has 0 spiro atoms. The maximum Gasteiger partial charge on any atom is 0.267 e. The first-order valence-corrected chi connectivity index (χ1v) is 8.36. The van der Waals surface area contributed by atoms with Gasteiger partial charge >= 0.3 is 0 Å². The zero-order chi connectivity index (χ0) is 17.3. The van der Waals surface area contributed by atoms with Gasteiger partial charge < -0.3 is 15.0 Å². The number of halogens is 1. The molecule has 1 aliphatic heterocycles. The van der Waals surface area contributed by atoms with Crippen LogP contribution in [0.1, 0.15) is 12.5 Å². The third kappa shape index (κ3) is 3.28. The zero-order valence-electron chi connectivity index (χ0n) is 13.4. The van der Waals surface area contributed by atoms with Crippen LogP contribution in [0, 0.1) is 6.92 Å². The van der Waals surface area contributed by atoms with Crippen molar-refractivity contribution in [3.8, 4) is 5.75 Å². The first-order valence-electron chi connectivity index (χ1n) is 7.56. The Morgan fingerprint density at radius 1 is 1.25 bits per heavy atom. The highest BCUT2D eigenvalue weighted by molar-refractivity contribution is 9.10. The van der Waals surface area contributed by atoms with E-state index in [1.165, 1.54) is 6.92 Å². The van der Waals surface area contributed by atoms with Crippen LogP contribution >= 0.6 is 15.9 Å². The lowest BCUT2D eigenvalue weighted by atomic mass is 10.1. The van der Waals surface area contributed by atoms with Gasteiger partial charge in [-0.15, -0.1) is 0 Å². The Morgan fingerprint density at radius 3 is 2.71 bits per heavy atom. The van der Waals surface area contributed by atoms with Crippen molar-refractivity contribution in [2.45, 2.75) is 20.0 Å². The summed E-state index contributed by atoms with van der Waals surface area (Å²) in [5, 5.41) is 2.85. The molecule has 1 N–H and O–H groups in total. The number of benzene rings is 2. The molecule has 0 unspecified atom stereocenters. The maximum absolute atomic E-state index is 12.6. The zero-order valence-corrected chi connectivity index (χ0v) is 15.0. The summed E-state index contributed by atoms with van der Waals surface area (Å²) in [5.41, 5.74) is 2.40. The number of nitrogens with zero attached hydrogens (tertiary/aromatic N) is 1. The first kappa shape index (κ1) is 16.5. The minimum atomic E-state index is -0.757. The van der Waals surface area contributed by atoms with Crippen LogP contribution in [-0.2, 0) is 9.59 Å². The Morgan fingerprint density at radius 2 is 2.00 bits per heavy atom. The van der Waals surface area contributed by atoms with Gasteiger partial charge in [0.15, 0.2) is 6.10 Å². The number of carbonyl (C=O) groups is 2. The third-order valence-electron chi connectivity index (χ3n) is 3.87. The molecule has 1 atom stereocenters. The minimum absolute atomic E-state index is 0.122. The molecule has 0 saturated heterocycles. The van der Waals surface area contributed by atoms with Crippen molar-refractivity contribution in [1.29, 1.82) is 0 Å². The number of rotatable bonds is 2. The highest BCUT2D eigenvalue weighted by atomic mass is 79.9. The Labute approximate surface area is 148 Å². The fourth-order valence-electron chi connectivity index (χ4n) is 2.61. The van der Waals surface area contributed by atoms with Crippen molar-refractivity contribution in [3.63, 3.8) is 0 Å². The second-order valence-corrected chi connectivity index (χ2v) is 6.51. The molecule has 2 aromatic rings. The average Bonchev–Trinajstić information content (AvgIpc) is 2.57. The monoisotopic (exact) mass is 388 g/mol. The smallest absolute Gasteiger partial charge is 0.267 e. The number of hydrogen-bond acceptors (Lipinski definition) is 3. The lowest BCUT2D eigenvalue weighted by molar-refractivity contribution is -0.123. The standard InChI is InChI=1S/C18H17BrN2O3/c1-11-9-13(7-8-14(11)19)20-18(23)17-10-21(12(2)22)15-5-3-4-6-16(15)24-17/h3-9,17H,10H2,1-2H3,(H,20,23)/t17-/m1/s1. The molecule has 5 nitrogen and oxygen atoms in total. The Hall–Kier alpha value is -2.34. The Kier molecular flexibility index (Phi) is 4.57. The van der Waals surface area contributed by atoms with E-state index < -0.39 is 6.10 Å². The van der Waals surface area contributed by atoms with E-state index in [1.54, 1.807) is 11.0 Å². The fourth-order valence-corrected chi connectivity index (χ4v) is 2.86. The van der Waals surface area contributed by atoms with E-state index in [-0.39, 0.29) is 18.4 Å². The number of aryl methyl sites for hydroxylation is 1. The number of para-hydroxylation sites is 2. The molecule has 0 fully saturated rings. The van der Waals surface area contributed by atoms with E-state index >= 15 is 0 Å². The molecule has 1 aliphatic rings. The summed E-state index contributed by atoms with van der Waals surface area (Å²) in [7, 11) is 0. The van der Waals surface area contributed by atoms with Gasteiger partial charge in [0.2, 0.25) is 5.91 Å². The van der Waals surface area contributed by atoms with Gasteiger partial charge in [-0.25, -0.2) is 0 Å². The summed E-state index contributed by atoms with van der Waals surface area (Å²) >= 11 is 3.43.